The van der Waals surface area contributed by atoms with Crippen LogP contribution in [-0.4, -0.2) is 5.11 Å². The van der Waals surface area contributed by atoms with Crippen LogP contribution < -0.4 is 0 Å². The van der Waals surface area contributed by atoms with Gasteiger partial charge in [-0.2, -0.15) is 26.3 Å². The van der Waals surface area contributed by atoms with Crippen molar-refractivity contribution >= 4 is 22.6 Å². The molecule has 0 aliphatic rings. The second-order valence-electron chi connectivity index (χ2n) is 2.85. The molecule has 0 saturated heterocycles. The molecule has 0 fully saturated rings. The summed E-state index contributed by atoms with van der Waals surface area (Å²) in [6.07, 6.45) is -9.90. The summed E-state index contributed by atoms with van der Waals surface area (Å²) in [7, 11) is 0. The number of alkyl halides is 6. The molecular formula is C8H3F6IO. The molecular weight excluding hydrogens is 353 g/mol. The number of benzene rings is 1. The Balaban J connectivity index is 3.46. The summed E-state index contributed by atoms with van der Waals surface area (Å²) in [5, 5.41) is 9.03. The highest BCUT2D eigenvalue weighted by Crippen LogP contribution is 2.42. The maximum atomic E-state index is 12.3. The zero-order chi connectivity index (χ0) is 12.7. The minimum Gasteiger partial charge on any atom is -0.506 e. The normalized spacial score (nSPS) is 12.9. The SMILES string of the molecule is Oc1c(I)cc(C(F)(F)F)cc1C(F)(F)F. The van der Waals surface area contributed by atoms with E-state index in [9.17, 15) is 26.3 Å². The lowest BCUT2D eigenvalue weighted by molar-refractivity contribution is -0.143. The summed E-state index contributed by atoms with van der Waals surface area (Å²) in [5.74, 6) is -1.19. The van der Waals surface area contributed by atoms with E-state index in [0.29, 0.717) is 6.07 Å². The Hall–Kier alpha value is -0.670. The van der Waals surface area contributed by atoms with Crippen molar-refractivity contribution in [2.75, 3.05) is 0 Å². The van der Waals surface area contributed by atoms with Gasteiger partial charge in [0.05, 0.1) is 14.7 Å². The van der Waals surface area contributed by atoms with Gasteiger partial charge in [0.1, 0.15) is 5.75 Å². The van der Waals surface area contributed by atoms with Crippen LogP contribution in [0, 0.1) is 3.57 Å². The summed E-state index contributed by atoms with van der Waals surface area (Å²) < 4.78 is 72.9. The third-order valence-corrected chi connectivity index (χ3v) is 2.52. The predicted molar refractivity (Wildman–Crippen MR) is 50.8 cm³/mol. The van der Waals surface area contributed by atoms with Crippen molar-refractivity contribution in [1.82, 2.24) is 0 Å². The fourth-order valence-corrected chi connectivity index (χ4v) is 1.60. The molecule has 16 heavy (non-hydrogen) atoms. The molecule has 0 aliphatic carbocycles. The maximum absolute atomic E-state index is 12.3. The smallest absolute Gasteiger partial charge is 0.420 e. The average Bonchev–Trinajstić information content (AvgIpc) is 2.05. The summed E-state index contributed by atoms with van der Waals surface area (Å²) in [4.78, 5) is 0. The molecule has 0 unspecified atom stereocenters. The van der Waals surface area contributed by atoms with Gasteiger partial charge in [0.2, 0.25) is 0 Å². The average molecular weight is 356 g/mol. The fraction of sp³-hybridized carbons (Fsp3) is 0.250. The van der Waals surface area contributed by atoms with Crippen LogP contribution in [0.3, 0.4) is 0 Å². The molecule has 0 aromatic heterocycles. The largest absolute Gasteiger partial charge is 0.506 e. The Kier molecular flexibility index (Phi) is 3.32. The quantitative estimate of drug-likeness (QED) is 0.550. The Labute approximate surface area is 99.2 Å². The van der Waals surface area contributed by atoms with Gasteiger partial charge in [-0.15, -0.1) is 0 Å². The fourth-order valence-electron chi connectivity index (χ4n) is 0.979. The highest BCUT2D eigenvalue weighted by Gasteiger charge is 2.39. The summed E-state index contributed by atoms with van der Waals surface area (Å²) in [6.45, 7) is 0. The molecule has 1 N–H and O–H groups in total. The summed E-state index contributed by atoms with van der Waals surface area (Å²) in [6, 6.07) is 0.336. The maximum Gasteiger partial charge on any atom is 0.420 e. The summed E-state index contributed by atoms with van der Waals surface area (Å²) >= 11 is 1.21. The van der Waals surface area contributed by atoms with Gasteiger partial charge in [-0.3, -0.25) is 0 Å². The molecule has 90 valence electrons. The molecule has 1 aromatic rings. The monoisotopic (exact) mass is 356 g/mol. The lowest BCUT2D eigenvalue weighted by atomic mass is 10.1. The van der Waals surface area contributed by atoms with Crippen LogP contribution in [0.15, 0.2) is 12.1 Å². The van der Waals surface area contributed by atoms with Crippen LogP contribution in [0.5, 0.6) is 5.75 Å². The first-order chi connectivity index (χ1) is 7.03. The first-order valence-electron chi connectivity index (χ1n) is 3.70. The predicted octanol–water partition coefficient (Wildman–Crippen LogP) is 4.03. The molecule has 0 atom stereocenters. The number of hydrogen-bond donors (Lipinski definition) is 1. The molecule has 0 aliphatic heterocycles. The van der Waals surface area contributed by atoms with Crippen LogP contribution in [0.2, 0.25) is 0 Å². The van der Waals surface area contributed by atoms with Gasteiger partial charge in [-0.1, -0.05) is 0 Å². The Morgan fingerprint density at radius 1 is 0.938 bits per heavy atom. The number of hydrogen-bond acceptors (Lipinski definition) is 1. The number of phenolic OH excluding ortho intramolecular Hbond substituents is 1. The van der Waals surface area contributed by atoms with Gasteiger partial charge in [0, 0.05) is 0 Å². The van der Waals surface area contributed by atoms with Crippen molar-refractivity contribution in [2.45, 2.75) is 12.4 Å². The van der Waals surface area contributed by atoms with Crippen molar-refractivity contribution in [2.24, 2.45) is 0 Å². The van der Waals surface area contributed by atoms with Crippen LogP contribution in [0.4, 0.5) is 26.3 Å². The van der Waals surface area contributed by atoms with Crippen molar-refractivity contribution < 1.29 is 31.4 Å². The standard InChI is InChI=1S/C8H3F6IO/c9-7(10,11)3-1-4(8(12,13)14)6(16)5(15)2-3/h1-2,16H. The Morgan fingerprint density at radius 3 is 1.81 bits per heavy atom. The molecule has 0 spiro atoms. The minimum absolute atomic E-state index is 0.114. The third-order valence-electron chi connectivity index (χ3n) is 1.70. The molecule has 0 amide bonds. The van der Waals surface area contributed by atoms with E-state index in [4.69, 9.17) is 5.11 Å². The van der Waals surface area contributed by atoms with Gasteiger partial charge >= 0.3 is 12.4 Å². The molecule has 1 rings (SSSR count). The van der Waals surface area contributed by atoms with Crippen molar-refractivity contribution in [3.63, 3.8) is 0 Å². The van der Waals surface area contributed by atoms with Gasteiger partial charge < -0.3 is 5.11 Å². The molecule has 0 heterocycles. The molecule has 1 nitrogen and oxygen atoms in total. The molecule has 0 saturated carbocycles. The lowest BCUT2D eigenvalue weighted by Crippen LogP contribution is -2.11. The van der Waals surface area contributed by atoms with Gasteiger partial charge in [0.25, 0.3) is 0 Å². The van der Waals surface area contributed by atoms with Crippen LogP contribution in [0.1, 0.15) is 11.1 Å². The Morgan fingerprint density at radius 2 is 1.44 bits per heavy atom. The van der Waals surface area contributed by atoms with Gasteiger partial charge in [0.15, 0.2) is 0 Å². The number of rotatable bonds is 0. The van der Waals surface area contributed by atoms with E-state index in [0.717, 1.165) is 0 Å². The van der Waals surface area contributed by atoms with Crippen LogP contribution >= 0.6 is 22.6 Å². The first-order valence-corrected chi connectivity index (χ1v) is 4.78. The molecule has 8 heteroatoms. The highest BCUT2D eigenvalue weighted by atomic mass is 127. The number of halogens is 7. The number of aromatic hydroxyl groups is 1. The van der Waals surface area contributed by atoms with Crippen LogP contribution in [0.25, 0.3) is 0 Å². The molecule has 1 aromatic carbocycles. The van der Waals surface area contributed by atoms with E-state index in [-0.39, 0.29) is 6.07 Å². The zero-order valence-electron chi connectivity index (χ0n) is 7.25. The van der Waals surface area contributed by atoms with Crippen LogP contribution in [-0.2, 0) is 12.4 Å². The van der Waals surface area contributed by atoms with Gasteiger partial charge in [-0.05, 0) is 34.7 Å². The van der Waals surface area contributed by atoms with E-state index in [1.807, 2.05) is 0 Å². The molecule has 0 bridgehead atoms. The van der Waals surface area contributed by atoms with Crippen molar-refractivity contribution in [3.05, 3.63) is 26.8 Å². The van der Waals surface area contributed by atoms with E-state index < -0.39 is 32.8 Å². The van der Waals surface area contributed by atoms with Crippen molar-refractivity contribution in [1.29, 1.82) is 0 Å². The van der Waals surface area contributed by atoms with E-state index in [1.165, 1.54) is 22.6 Å². The number of phenols is 1. The first kappa shape index (κ1) is 13.4. The lowest BCUT2D eigenvalue weighted by Gasteiger charge is -2.14. The minimum atomic E-state index is -5.02. The third kappa shape index (κ3) is 2.71. The zero-order valence-corrected chi connectivity index (χ0v) is 9.41. The van der Waals surface area contributed by atoms with E-state index >= 15 is 0 Å². The topological polar surface area (TPSA) is 20.2 Å². The van der Waals surface area contributed by atoms with Crippen molar-refractivity contribution in [3.8, 4) is 5.75 Å². The summed E-state index contributed by atoms with van der Waals surface area (Å²) in [5.41, 5.74) is -3.13. The highest BCUT2D eigenvalue weighted by molar-refractivity contribution is 14.1. The van der Waals surface area contributed by atoms with Gasteiger partial charge in [-0.25, -0.2) is 0 Å². The Bertz CT molecular complexity index is 408. The van der Waals surface area contributed by atoms with E-state index in [2.05, 4.69) is 0 Å². The second-order valence-corrected chi connectivity index (χ2v) is 4.01. The molecule has 0 radical (unpaired) electrons. The second kappa shape index (κ2) is 3.97. The van der Waals surface area contributed by atoms with E-state index in [1.54, 1.807) is 0 Å².